The number of halogens is 1. The smallest absolute Gasteiger partial charge is 0.342 e. The average molecular weight is 366 g/mol. The van der Waals surface area contributed by atoms with Crippen LogP contribution in [0.3, 0.4) is 0 Å². The Labute approximate surface area is 149 Å². The molecule has 2 aliphatic heterocycles. The van der Waals surface area contributed by atoms with E-state index in [0.29, 0.717) is 10.6 Å². The van der Waals surface area contributed by atoms with Crippen LogP contribution in [0.4, 0.5) is 5.69 Å². The van der Waals surface area contributed by atoms with Crippen molar-refractivity contribution >= 4 is 41.4 Å². The van der Waals surface area contributed by atoms with Crippen molar-refractivity contribution in [2.75, 3.05) is 19.1 Å². The summed E-state index contributed by atoms with van der Waals surface area (Å²) in [5.74, 6) is -0.451. The number of carbonyl (C=O) groups is 1. The number of allylic oxidation sites excluding steroid dienone is 1. The summed E-state index contributed by atoms with van der Waals surface area (Å²) in [5, 5.41) is 6.91. The van der Waals surface area contributed by atoms with Gasteiger partial charge in [0, 0.05) is 4.91 Å². The Morgan fingerprint density at radius 2 is 2.12 bits per heavy atom. The first-order valence-electron chi connectivity index (χ1n) is 7.14. The third kappa shape index (κ3) is 2.74. The van der Waals surface area contributed by atoms with Gasteiger partial charge < -0.3 is 9.47 Å². The predicted molar refractivity (Wildman–Crippen MR) is 95.4 cm³/mol. The maximum absolute atomic E-state index is 12.1. The standard InChI is InChI=1S/C16H16ClN3O3S/c1-10-14(11(8-22-2)15(21)23-3)24-16-19(9-18-20(10)16)13-7-5-4-6-12(13)17/h4-9,16H,1-3H3/b11-8+. The fourth-order valence-corrected chi connectivity index (χ4v) is 4.08. The van der Waals surface area contributed by atoms with Crippen LogP contribution in [0.15, 0.2) is 51.8 Å². The molecule has 2 aliphatic rings. The zero-order valence-electron chi connectivity index (χ0n) is 13.4. The van der Waals surface area contributed by atoms with Crippen molar-refractivity contribution in [2.24, 2.45) is 5.10 Å². The zero-order valence-corrected chi connectivity index (χ0v) is 15.0. The van der Waals surface area contributed by atoms with E-state index in [1.807, 2.05) is 41.1 Å². The Morgan fingerprint density at radius 1 is 1.38 bits per heavy atom. The molecule has 2 heterocycles. The largest absolute Gasteiger partial charge is 0.503 e. The maximum atomic E-state index is 12.1. The average Bonchev–Trinajstić information content (AvgIpc) is 3.13. The molecule has 0 bridgehead atoms. The highest BCUT2D eigenvalue weighted by molar-refractivity contribution is 8.04. The molecule has 0 aromatic heterocycles. The number of methoxy groups -OCH3 is 2. The molecule has 3 rings (SSSR count). The summed E-state index contributed by atoms with van der Waals surface area (Å²) >= 11 is 7.79. The molecule has 1 aromatic carbocycles. The SMILES string of the molecule is CO/C=C(/C(=O)OC)C1=C(C)N2N=CN(c3ccccc3Cl)C2S1. The van der Waals surface area contributed by atoms with Crippen LogP contribution in [0.25, 0.3) is 0 Å². The number of thioether (sulfide) groups is 1. The van der Waals surface area contributed by atoms with E-state index in [0.717, 1.165) is 16.3 Å². The van der Waals surface area contributed by atoms with Crippen LogP contribution in [-0.2, 0) is 14.3 Å². The number of rotatable bonds is 4. The van der Waals surface area contributed by atoms with Gasteiger partial charge >= 0.3 is 5.97 Å². The van der Waals surface area contributed by atoms with Crippen LogP contribution >= 0.6 is 23.4 Å². The van der Waals surface area contributed by atoms with E-state index in [-0.39, 0.29) is 5.50 Å². The van der Waals surface area contributed by atoms with Gasteiger partial charge in [0.25, 0.3) is 0 Å². The van der Waals surface area contributed by atoms with E-state index < -0.39 is 5.97 Å². The topological polar surface area (TPSA) is 54.4 Å². The Morgan fingerprint density at radius 3 is 2.79 bits per heavy atom. The summed E-state index contributed by atoms with van der Waals surface area (Å²) in [6, 6.07) is 7.56. The number of hydrogen-bond donors (Lipinski definition) is 0. The molecule has 24 heavy (non-hydrogen) atoms. The number of anilines is 1. The van der Waals surface area contributed by atoms with Crippen molar-refractivity contribution in [3.63, 3.8) is 0 Å². The molecule has 1 unspecified atom stereocenters. The normalized spacial score (nSPS) is 19.8. The Bertz CT molecular complexity index is 763. The summed E-state index contributed by atoms with van der Waals surface area (Å²) in [6.45, 7) is 1.90. The molecule has 0 spiro atoms. The molecule has 0 fully saturated rings. The molecule has 0 radical (unpaired) electrons. The molecule has 0 saturated carbocycles. The number of esters is 1. The van der Waals surface area contributed by atoms with Gasteiger partial charge in [-0.3, -0.25) is 4.90 Å². The summed E-state index contributed by atoms with van der Waals surface area (Å²) in [6.07, 6.45) is 3.13. The first-order chi connectivity index (χ1) is 11.6. The number of fused-ring (bicyclic) bond motifs is 1. The van der Waals surface area contributed by atoms with Gasteiger partial charge in [0.15, 0.2) is 5.50 Å². The van der Waals surface area contributed by atoms with Gasteiger partial charge in [-0.2, -0.15) is 5.10 Å². The number of nitrogens with zero attached hydrogens (tertiary/aromatic N) is 3. The molecule has 0 amide bonds. The molecular weight excluding hydrogens is 350 g/mol. The number of hydrogen-bond acceptors (Lipinski definition) is 7. The summed E-state index contributed by atoms with van der Waals surface area (Å²) in [4.78, 5) is 14.8. The monoisotopic (exact) mass is 365 g/mol. The van der Waals surface area contributed by atoms with Gasteiger partial charge in [-0.05, 0) is 19.1 Å². The van der Waals surface area contributed by atoms with E-state index in [1.54, 1.807) is 6.34 Å². The van der Waals surface area contributed by atoms with Crippen LogP contribution in [0.2, 0.25) is 5.02 Å². The summed E-state index contributed by atoms with van der Waals surface area (Å²) < 4.78 is 9.89. The lowest BCUT2D eigenvalue weighted by molar-refractivity contribution is -0.135. The van der Waals surface area contributed by atoms with E-state index in [1.165, 1.54) is 32.2 Å². The van der Waals surface area contributed by atoms with Crippen LogP contribution in [0.5, 0.6) is 0 Å². The third-order valence-corrected chi connectivity index (χ3v) is 5.37. The first-order valence-corrected chi connectivity index (χ1v) is 8.39. The highest BCUT2D eigenvalue weighted by Gasteiger charge is 2.41. The molecular formula is C16H16ClN3O3S. The lowest BCUT2D eigenvalue weighted by atomic mass is 10.2. The van der Waals surface area contributed by atoms with Crippen molar-refractivity contribution in [1.82, 2.24) is 5.01 Å². The molecule has 8 heteroatoms. The van der Waals surface area contributed by atoms with Crippen molar-refractivity contribution in [3.05, 3.63) is 51.7 Å². The lowest BCUT2D eigenvalue weighted by Crippen LogP contribution is -2.33. The fraction of sp³-hybridized carbons (Fsp3) is 0.250. The van der Waals surface area contributed by atoms with Crippen LogP contribution in [0, 0.1) is 0 Å². The molecule has 126 valence electrons. The molecule has 0 aliphatic carbocycles. The summed E-state index contributed by atoms with van der Waals surface area (Å²) in [5.41, 5.74) is 1.92. The molecule has 1 atom stereocenters. The van der Waals surface area contributed by atoms with Crippen LogP contribution in [0.1, 0.15) is 6.92 Å². The van der Waals surface area contributed by atoms with Crippen molar-refractivity contribution in [1.29, 1.82) is 0 Å². The van der Waals surface area contributed by atoms with E-state index in [2.05, 4.69) is 5.10 Å². The Hall–Kier alpha value is -2.12. The van der Waals surface area contributed by atoms with Crippen molar-refractivity contribution in [3.8, 4) is 0 Å². The molecule has 0 saturated heterocycles. The minimum atomic E-state index is -0.451. The van der Waals surface area contributed by atoms with E-state index >= 15 is 0 Å². The van der Waals surface area contributed by atoms with Gasteiger partial charge in [-0.15, -0.1) is 0 Å². The first kappa shape index (κ1) is 16.7. The van der Waals surface area contributed by atoms with Crippen molar-refractivity contribution in [2.45, 2.75) is 12.4 Å². The van der Waals surface area contributed by atoms with E-state index in [9.17, 15) is 4.79 Å². The summed E-state index contributed by atoms with van der Waals surface area (Å²) in [7, 11) is 2.84. The highest BCUT2D eigenvalue weighted by Crippen LogP contribution is 2.47. The minimum absolute atomic E-state index is 0.148. The van der Waals surface area contributed by atoms with E-state index in [4.69, 9.17) is 21.1 Å². The number of hydrazone groups is 1. The minimum Gasteiger partial charge on any atom is -0.503 e. The van der Waals surface area contributed by atoms with Crippen LogP contribution in [-0.4, -0.2) is 37.0 Å². The predicted octanol–water partition coefficient (Wildman–Crippen LogP) is 3.37. The zero-order chi connectivity index (χ0) is 17.3. The van der Waals surface area contributed by atoms with Gasteiger partial charge in [0.2, 0.25) is 0 Å². The number of ether oxygens (including phenoxy) is 2. The highest BCUT2D eigenvalue weighted by atomic mass is 35.5. The molecule has 6 nitrogen and oxygen atoms in total. The maximum Gasteiger partial charge on any atom is 0.342 e. The van der Waals surface area contributed by atoms with Gasteiger partial charge in [-0.1, -0.05) is 35.5 Å². The Kier molecular flexibility index (Phi) is 4.73. The van der Waals surface area contributed by atoms with Gasteiger partial charge in [0.05, 0.1) is 36.9 Å². The van der Waals surface area contributed by atoms with Crippen molar-refractivity contribution < 1.29 is 14.3 Å². The van der Waals surface area contributed by atoms with Gasteiger partial charge in [0.1, 0.15) is 11.9 Å². The molecule has 1 aromatic rings. The second-order valence-electron chi connectivity index (χ2n) is 5.05. The molecule has 0 N–H and O–H groups in total. The number of para-hydroxylation sites is 1. The Balaban J connectivity index is 1.93. The number of benzene rings is 1. The number of carbonyl (C=O) groups excluding carboxylic acids is 1. The fourth-order valence-electron chi connectivity index (χ4n) is 2.52. The third-order valence-electron chi connectivity index (χ3n) is 3.66. The van der Waals surface area contributed by atoms with Gasteiger partial charge in [-0.25, -0.2) is 9.80 Å². The second kappa shape index (κ2) is 6.78. The lowest BCUT2D eigenvalue weighted by Gasteiger charge is -2.25. The quantitative estimate of drug-likeness (QED) is 0.463. The van der Waals surface area contributed by atoms with Crippen LogP contribution < -0.4 is 4.90 Å². The second-order valence-corrected chi connectivity index (χ2v) is 6.52.